The van der Waals surface area contributed by atoms with Gasteiger partial charge in [-0.25, -0.2) is 9.07 Å². The average Bonchev–Trinajstić information content (AvgIpc) is 3.22. The first kappa shape index (κ1) is 17.3. The molecule has 1 aromatic carbocycles. The molecule has 0 spiro atoms. The number of rotatable bonds is 6. The molecular weight excluding hydrogens is 389 g/mol. The van der Waals surface area contributed by atoms with Gasteiger partial charge in [0, 0.05) is 18.9 Å². The molecule has 0 bridgehead atoms. The summed E-state index contributed by atoms with van der Waals surface area (Å²) in [6.07, 6.45) is 5.24. The molecule has 1 N–H and O–H groups in total. The van der Waals surface area contributed by atoms with Crippen LogP contribution < -0.4 is 5.32 Å². The van der Waals surface area contributed by atoms with E-state index in [-0.39, 0.29) is 17.6 Å². The summed E-state index contributed by atoms with van der Waals surface area (Å²) in [5.41, 5.74) is 1.31. The lowest BCUT2D eigenvalue weighted by Gasteiger charge is -2.12. The van der Waals surface area contributed by atoms with Crippen LogP contribution in [0.5, 0.6) is 0 Å². The summed E-state index contributed by atoms with van der Waals surface area (Å²) in [5.74, 6) is -0.433. The van der Waals surface area contributed by atoms with E-state index < -0.39 is 0 Å². The molecule has 0 saturated carbocycles. The van der Waals surface area contributed by atoms with E-state index in [1.807, 2.05) is 13.1 Å². The molecule has 2 aromatic heterocycles. The predicted octanol–water partition coefficient (Wildman–Crippen LogP) is 3.02. The smallest absolute Gasteiger partial charge is 0.271 e. The van der Waals surface area contributed by atoms with Gasteiger partial charge in [-0.15, -0.1) is 0 Å². The van der Waals surface area contributed by atoms with Crippen LogP contribution in [0, 0.1) is 5.82 Å². The first-order valence-corrected chi connectivity index (χ1v) is 8.55. The van der Waals surface area contributed by atoms with Crippen molar-refractivity contribution in [2.75, 3.05) is 6.54 Å². The molecule has 3 rings (SSSR count). The van der Waals surface area contributed by atoms with Gasteiger partial charge in [0.25, 0.3) is 5.91 Å². The maximum absolute atomic E-state index is 13.0. The monoisotopic (exact) mass is 405 g/mol. The fourth-order valence-electron chi connectivity index (χ4n) is 2.37. The molecule has 1 atom stereocenters. The van der Waals surface area contributed by atoms with Gasteiger partial charge in [-0.3, -0.25) is 9.48 Å². The van der Waals surface area contributed by atoms with Gasteiger partial charge in [-0.05, 0) is 45.6 Å². The molecule has 0 radical (unpaired) electrons. The number of hydrogen-bond acceptors (Lipinski definition) is 3. The van der Waals surface area contributed by atoms with Crippen molar-refractivity contribution in [1.29, 1.82) is 0 Å². The molecule has 2 heterocycles. The van der Waals surface area contributed by atoms with Gasteiger partial charge in [-0.2, -0.15) is 10.2 Å². The molecule has 0 fully saturated rings. The summed E-state index contributed by atoms with van der Waals surface area (Å²) < 4.78 is 17.2. The summed E-state index contributed by atoms with van der Waals surface area (Å²) in [4.78, 5) is 12.2. The lowest BCUT2D eigenvalue weighted by atomic mass is 10.0. The minimum absolute atomic E-state index is 0.0769. The molecule has 1 amide bonds. The maximum atomic E-state index is 13.0. The Morgan fingerprint density at radius 1 is 1.28 bits per heavy atom. The largest absolute Gasteiger partial charge is 0.350 e. The van der Waals surface area contributed by atoms with E-state index in [1.54, 1.807) is 40.0 Å². The number of aromatic nitrogens is 4. The van der Waals surface area contributed by atoms with E-state index in [9.17, 15) is 9.18 Å². The molecule has 8 heteroatoms. The normalized spacial score (nSPS) is 12.1. The summed E-state index contributed by atoms with van der Waals surface area (Å²) >= 11 is 3.33. The lowest BCUT2D eigenvalue weighted by Crippen LogP contribution is -2.28. The highest BCUT2D eigenvalue weighted by Crippen LogP contribution is 2.14. The Kier molecular flexibility index (Phi) is 5.28. The Morgan fingerprint density at radius 2 is 2.04 bits per heavy atom. The van der Waals surface area contributed by atoms with Gasteiger partial charge in [0.2, 0.25) is 0 Å². The molecule has 3 aromatic rings. The predicted molar refractivity (Wildman–Crippen MR) is 94.7 cm³/mol. The van der Waals surface area contributed by atoms with Crippen LogP contribution >= 0.6 is 15.9 Å². The zero-order valence-electron chi connectivity index (χ0n) is 13.6. The number of nitrogens with zero attached hydrogens (tertiary/aromatic N) is 4. The van der Waals surface area contributed by atoms with Crippen LogP contribution in [0.2, 0.25) is 0 Å². The van der Waals surface area contributed by atoms with Crippen LogP contribution in [0.1, 0.15) is 28.9 Å². The number of hydrogen-bond donors (Lipinski definition) is 1. The van der Waals surface area contributed by atoms with Gasteiger partial charge >= 0.3 is 0 Å². The highest BCUT2D eigenvalue weighted by atomic mass is 79.9. The van der Waals surface area contributed by atoms with E-state index in [0.29, 0.717) is 18.9 Å². The third-order valence-corrected chi connectivity index (χ3v) is 4.18. The molecular formula is C17H17BrFN5O. The SMILES string of the molecule is CC(CNC(=O)c1ccn(Cn2cc(Br)cn2)n1)c1ccc(F)cc1. The number of carbonyl (C=O) groups is 1. The number of halogens is 2. The quantitative estimate of drug-likeness (QED) is 0.685. The Labute approximate surface area is 152 Å². The van der Waals surface area contributed by atoms with E-state index in [4.69, 9.17) is 0 Å². The van der Waals surface area contributed by atoms with Crippen molar-refractivity contribution in [2.24, 2.45) is 0 Å². The number of nitrogens with one attached hydrogen (secondary N) is 1. The third-order valence-electron chi connectivity index (χ3n) is 3.77. The molecule has 0 aliphatic rings. The van der Waals surface area contributed by atoms with Crippen LogP contribution in [-0.2, 0) is 6.67 Å². The van der Waals surface area contributed by atoms with Gasteiger partial charge in [0.05, 0.1) is 10.7 Å². The van der Waals surface area contributed by atoms with Gasteiger partial charge in [-0.1, -0.05) is 19.1 Å². The van der Waals surface area contributed by atoms with Crippen molar-refractivity contribution >= 4 is 21.8 Å². The molecule has 25 heavy (non-hydrogen) atoms. The second-order valence-electron chi connectivity index (χ2n) is 5.74. The molecule has 0 aliphatic heterocycles. The Bertz CT molecular complexity index is 858. The second-order valence-corrected chi connectivity index (χ2v) is 6.66. The van der Waals surface area contributed by atoms with Crippen LogP contribution in [0.15, 0.2) is 53.4 Å². The standard InChI is InChI=1S/C17H17BrFN5O/c1-12(13-2-4-15(19)5-3-13)8-20-17(25)16-6-7-23(22-16)11-24-10-14(18)9-21-24/h2-7,9-10,12H,8,11H2,1H3,(H,20,25). The Morgan fingerprint density at radius 3 is 2.72 bits per heavy atom. The minimum atomic E-state index is -0.269. The zero-order chi connectivity index (χ0) is 17.8. The van der Waals surface area contributed by atoms with Crippen LogP contribution in [0.4, 0.5) is 4.39 Å². The highest BCUT2D eigenvalue weighted by Gasteiger charge is 2.12. The summed E-state index contributed by atoms with van der Waals surface area (Å²) in [6, 6.07) is 7.95. The number of benzene rings is 1. The maximum Gasteiger partial charge on any atom is 0.271 e. The highest BCUT2D eigenvalue weighted by molar-refractivity contribution is 9.10. The summed E-state index contributed by atoms with van der Waals surface area (Å²) in [5, 5.41) is 11.3. The van der Waals surface area contributed by atoms with E-state index in [1.165, 1.54) is 12.1 Å². The van der Waals surface area contributed by atoms with Crippen LogP contribution in [-0.4, -0.2) is 32.0 Å². The van der Waals surface area contributed by atoms with Gasteiger partial charge in [0.1, 0.15) is 18.2 Å². The molecule has 130 valence electrons. The third kappa shape index (κ3) is 4.54. The molecule has 0 aliphatic carbocycles. The topological polar surface area (TPSA) is 64.7 Å². The fourth-order valence-corrected chi connectivity index (χ4v) is 2.70. The van der Waals surface area contributed by atoms with Crippen LogP contribution in [0.25, 0.3) is 0 Å². The van der Waals surface area contributed by atoms with E-state index >= 15 is 0 Å². The Balaban J connectivity index is 1.55. The van der Waals surface area contributed by atoms with Crippen molar-refractivity contribution in [3.63, 3.8) is 0 Å². The second kappa shape index (κ2) is 7.60. The number of carbonyl (C=O) groups excluding carboxylic acids is 1. The summed E-state index contributed by atoms with van der Waals surface area (Å²) in [6.45, 7) is 2.84. The average molecular weight is 406 g/mol. The van der Waals surface area contributed by atoms with Crippen molar-refractivity contribution in [3.05, 3.63) is 70.5 Å². The van der Waals surface area contributed by atoms with E-state index in [2.05, 4.69) is 31.4 Å². The zero-order valence-corrected chi connectivity index (χ0v) is 15.1. The molecule has 6 nitrogen and oxygen atoms in total. The fraction of sp³-hybridized carbons (Fsp3) is 0.235. The number of amides is 1. The lowest BCUT2D eigenvalue weighted by molar-refractivity contribution is 0.0945. The van der Waals surface area contributed by atoms with Crippen LogP contribution in [0.3, 0.4) is 0 Å². The van der Waals surface area contributed by atoms with E-state index in [0.717, 1.165) is 10.0 Å². The van der Waals surface area contributed by atoms with Gasteiger partial charge < -0.3 is 5.32 Å². The Hall–Kier alpha value is -2.48. The van der Waals surface area contributed by atoms with Crippen molar-refractivity contribution in [1.82, 2.24) is 24.9 Å². The summed E-state index contributed by atoms with van der Waals surface area (Å²) in [7, 11) is 0. The van der Waals surface area contributed by atoms with Gasteiger partial charge in [0.15, 0.2) is 0 Å². The van der Waals surface area contributed by atoms with Crippen molar-refractivity contribution in [2.45, 2.75) is 19.5 Å². The molecule has 1 unspecified atom stereocenters. The first-order valence-electron chi connectivity index (χ1n) is 7.76. The van der Waals surface area contributed by atoms with Crippen molar-refractivity contribution < 1.29 is 9.18 Å². The first-order chi connectivity index (χ1) is 12.0. The minimum Gasteiger partial charge on any atom is -0.350 e. The van der Waals surface area contributed by atoms with Crippen molar-refractivity contribution in [3.8, 4) is 0 Å². The molecule has 0 saturated heterocycles.